The van der Waals surface area contributed by atoms with E-state index in [1.165, 1.54) is 0 Å². The lowest BCUT2D eigenvalue weighted by atomic mass is 9.98. The van der Waals surface area contributed by atoms with Crippen LogP contribution in [0.5, 0.6) is 0 Å². The molecule has 0 heterocycles. The SMILES string of the molecule is CC[C@H](C)[C@H](N)C(=O)N[C@@H](CCC(=O)O)C(=O)N[C@@H](CCC(=O)O)C(=O)N[C@@H](CO)C(=O)N[C@@H](CCC(N)=O)C(=O)N[C@@H](CC(N)=O)C(=O)N[C@@H](CCC(N)=O)C(=O)O. The van der Waals surface area contributed by atoms with Crippen molar-refractivity contribution in [2.75, 3.05) is 6.61 Å². The van der Waals surface area contributed by atoms with Gasteiger partial charge in [-0.05, 0) is 31.6 Å². The fraction of sp³-hybridized carbons (Fsp3) is 0.636. The van der Waals surface area contributed by atoms with Crippen LogP contribution in [0.15, 0.2) is 0 Å². The van der Waals surface area contributed by atoms with Crippen LogP contribution in [0, 0.1) is 5.92 Å². The molecule has 8 atom stereocenters. The number of carboxylic acids is 3. The van der Waals surface area contributed by atoms with Crippen LogP contribution < -0.4 is 54.8 Å². The van der Waals surface area contributed by atoms with E-state index in [1.807, 2.05) is 5.32 Å². The summed E-state index contributed by atoms with van der Waals surface area (Å²) in [6.07, 6.45) is -5.05. The third-order valence-corrected chi connectivity index (χ3v) is 8.58. The van der Waals surface area contributed by atoms with Crippen LogP contribution in [0.3, 0.4) is 0 Å². The lowest BCUT2D eigenvalue weighted by Crippen LogP contribution is -2.60. The first kappa shape index (κ1) is 52.6. The number of hydrogen-bond acceptors (Lipinski definition) is 14. The average molecular weight is 847 g/mol. The second-order valence-electron chi connectivity index (χ2n) is 13.3. The highest BCUT2D eigenvalue weighted by atomic mass is 16.4. The molecule has 0 saturated carbocycles. The van der Waals surface area contributed by atoms with Crippen molar-refractivity contribution < 1.29 is 78.0 Å². The molecule has 0 unspecified atom stereocenters. The molecule has 0 aliphatic carbocycles. The van der Waals surface area contributed by atoms with Crippen molar-refractivity contribution in [3.63, 3.8) is 0 Å². The van der Waals surface area contributed by atoms with Crippen molar-refractivity contribution in [2.45, 2.75) is 120 Å². The molecule has 9 amide bonds. The molecule has 332 valence electrons. The Kier molecular flexibility index (Phi) is 23.6. The van der Waals surface area contributed by atoms with Crippen molar-refractivity contribution in [3.05, 3.63) is 0 Å². The number of nitrogens with two attached hydrogens (primary N) is 4. The largest absolute Gasteiger partial charge is 0.481 e. The lowest BCUT2D eigenvalue weighted by Gasteiger charge is -2.27. The quantitative estimate of drug-likeness (QED) is 0.0320. The van der Waals surface area contributed by atoms with Gasteiger partial charge in [-0.15, -0.1) is 0 Å². The number of aliphatic hydroxyl groups excluding tert-OH is 1. The van der Waals surface area contributed by atoms with Crippen molar-refractivity contribution in [2.24, 2.45) is 28.9 Å². The van der Waals surface area contributed by atoms with Gasteiger partial charge in [0, 0.05) is 25.7 Å². The Balaban J connectivity index is 6.34. The number of aliphatic hydroxyl groups is 1. The van der Waals surface area contributed by atoms with Gasteiger partial charge in [-0.2, -0.15) is 0 Å². The van der Waals surface area contributed by atoms with Crippen LogP contribution in [0.4, 0.5) is 0 Å². The van der Waals surface area contributed by atoms with Gasteiger partial charge in [0.1, 0.15) is 36.3 Å². The van der Waals surface area contributed by atoms with Crippen LogP contribution in [0.2, 0.25) is 0 Å². The minimum absolute atomic E-state index is 0.358. The number of amides is 9. The summed E-state index contributed by atoms with van der Waals surface area (Å²) in [5.41, 5.74) is 21.3. The summed E-state index contributed by atoms with van der Waals surface area (Å²) in [6, 6.07) is -11.8. The zero-order chi connectivity index (χ0) is 45.6. The molecule has 59 heavy (non-hydrogen) atoms. The zero-order valence-corrected chi connectivity index (χ0v) is 32.4. The summed E-state index contributed by atoms with van der Waals surface area (Å²) in [5.74, 6) is -14.9. The van der Waals surface area contributed by atoms with E-state index < -0.39 is 178 Å². The van der Waals surface area contributed by atoms with Crippen molar-refractivity contribution in [1.82, 2.24) is 31.9 Å². The molecule has 26 nitrogen and oxygen atoms in total. The molecule has 26 heteroatoms. The molecule has 0 aliphatic heterocycles. The summed E-state index contributed by atoms with van der Waals surface area (Å²) in [7, 11) is 0. The smallest absolute Gasteiger partial charge is 0.326 e. The summed E-state index contributed by atoms with van der Waals surface area (Å²) in [5, 5.41) is 50.7. The van der Waals surface area contributed by atoms with Crippen LogP contribution in [0.1, 0.15) is 78.1 Å². The first-order chi connectivity index (χ1) is 27.4. The van der Waals surface area contributed by atoms with Gasteiger partial charge in [-0.3, -0.25) is 52.7 Å². The van der Waals surface area contributed by atoms with Gasteiger partial charge in [0.2, 0.25) is 53.2 Å². The Hall–Kier alpha value is -6.44. The molecule has 0 aliphatic rings. The van der Waals surface area contributed by atoms with Gasteiger partial charge < -0.3 is 75.3 Å². The van der Waals surface area contributed by atoms with Gasteiger partial charge >= 0.3 is 17.9 Å². The number of aliphatic carboxylic acids is 3. The minimum Gasteiger partial charge on any atom is -0.481 e. The number of carbonyl (C=O) groups excluding carboxylic acids is 9. The van der Waals surface area contributed by atoms with Crippen molar-refractivity contribution >= 4 is 71.1 Å². The summed E-state index contributed by atoms with van der Waals surface area (Å²) in [4.78, 5) is 148. The monoisotopic (exact) mass is 846 g/mol. The first-order valence-corrected chi connectivity index (χ1v) is 18.1. The Bertz CT molecular complexity index is 1580. The number of carbonyl (C=O) groups is 12. The molecule has 0 aromatic heterocycles. The van der Waals surface area contributed by atoms with E-state index in [2.05, 4.69) is 26.6 Å². The highest BCUT2D eigenvalue weighted by Crippen LogP contribution is 2.09. The number of carboxylic acid groups (broad SMARTS) is 3. The maximum absolute atomic E-state index is 13.4. The molecule has 0 aromatic rings. The summed E-state index contributed by atoms with van der Waals surface area (Å²) < 4.78 is 0. The Morgan fingerprint density at radius 1 is 0.475 bits per heavy atom. The molecule has 0 bridgehead atoms. The van der Waals surface area contributed by atoms with E-state index >= 15 is 0 Å². The second kappa shape index (κ2) is 26.5. The van der Waals surface area contributed by atoms with Gasteiger partial charge in [0.25, 0.3) is 0 Å². The highest BCUT2D eigenvalue weighted by molar-refractivity contribution is 5.98. The van der Waals surface area contributed by atoms with Crippen molar-refractivity contribution in [3.8, 4) is 0 Å². The third kappa shape index (κ3) is 21.1. The molecule has 0 rings (SSSR count). The molecule has 0 spiro atoms. The van der Waals surface area contributed by atoms with Crippen molar-refractivity contribution in [1.29, 1.82) is 0 Å². The van der Waals surface area contributed by atoms with Gasteiger partial charge in [-0.1, -0.05) is 20.3 Å². The molecule has 18 N–H and O–H groups in total. The van der Waals surface area contributed by atoms with Gasteiger partial charge in [0.15, 0.2) is 0 Å². The molecule has 0 aromatic carbocycles. The van der Waals surface area contributed by atoms with E-state index in [4.69, 9.17) is 22.9 Å². The Morgan fingerprint density at radius 3 is 1.15 bits per heavy atom. The molecular weight excluding hydrogens is 792 g/mol. The summed E-state index contributed by atoms with van der Waals surface area (Å²) >= 11 is 0. The molecular formula is C33H54N10O16. The van der Waals surface area contributed by atoms with E-state index in [-0.39, 0.29) is 5.92 Å². The fourth-order valence-corrected chi connectivity index (χ4v) is 4.92. The van der Waals surface area contributed by atoms with Crippen LogP contribution >= 0.6 is 0 Å². The molecule has 0 saturated heterocycles. The Labute approximate surface area is 336 Å². The number of primary amides is 3. The lowest BCUT2D eigenvalue weighted by molar-refractivity contribution is -0.143. The topological polar surface area (TPSA) is 462 Å². The predicted molar refractivity (Wildman–Crippen MR) is 198 cm³/mol. The number of hydrogen-bond donors (Lipinski definition) is 14. The third-order valence-electron chi connectivity index (χ3n) is 8.58. The van der Waals surface area contributed by atoms with Crippen LogP contribution in [-0.4, -0.2) is 140 Å². The maximum Gasteiger partial charge on any atom is 0.326 e. The average Bonchev–Trinajstić information content (AvgIpc) is 3.14. The predicted octanol–water partition coefficient (Wildman–Crippen LogP) is -6.52. The van der Waals surface area contributed by atoms with E-state index in [0.29, 0.717) is 6.42 Å². The minimum atomic E-state index is -1.96. The number of nitrogens with one attached hydrogen (secondary N) is 6. The normalized spacial score (nSPS) is 14.8. The van der Waals surface area contributed by atoms with Gasteiger partial charge in [0.05, 0.1) is 19.1 Å². The Morgan fingerprint density at radius 2 is 0.797 bits per heavy atom. The first-order valence-electron chi connectivity index (χ1n) is 18.1. The van der Waals surface area contributed by atoms with Gasteiger partial charge in [-0.25, -0.2) is 4.79 Å². The molecule has 0 fully saturated rings. The second-order valence-corrected chi connectivity index (χ2v) is 13.3. The molecule has 0 radical (unpaired) electrons. The van der Waals surface area contributed by atoms with E-state index in [0.717, 1.165) is 0 Å². The standard InChI is InChI=1S/C33H54N10O16/c1-3-14(2)26(37)32(57)40-17(7-11-25(50)51)27(52)38-16(6-10-24(48)49)29(54)43-20(13-44)31(56)39-15(4-8-21(34)45)28(53)42-19(12-23(36)47)30(55)41-18(33(58)59)5-9-22(35)46/h14-20,26,44H,3-13,37H2,1-2H3,(H2,34,45)(H2,35,46)(H2,36,47)(H,38,52)(H,39,56)(H,40,57)(H,41,55)(H,42,53)(H,43,54)(H,48,49)(H,50,51)(H,58,59)/t14-,15-,16-,17-,18-,19-,20-,26-/m0/s1. The fourth-order valence-electron chi connectivity index (χ4n) is 4.92. The number of rotatable bonds is 30. The van der Waals surface area contributed by atoms with Crippen LogP contribution in [0.25, 0.3) is 0 Å². The maximum atomic E-state index is 13.4. The zero-order valence-electron chi connectivity index (χ0n) is 32.4. The summed E-state index contributed by atoms with van der Waals surface area (Å²) in [6.45, 7) is 2.20. The van der Waals surface area contributed by atoms with E-state index in [9.17, 15) is 78.0 Å². The van der Waals surface area contributed by atoms with E-state index in [1.54, 1.807) is 13.8 Å². The highest BCUT2D eigenvalue weighted by Gasteiger charge is 2.35. The van der Waals surface area contributed by atoms with Crippen LogP contribution in [-0.2, 0) is 57.5 Å².